The Kier molecular flexibility index (Phi) is 5.43. The third-order valence-corrected chi connectivity index (χ3v) is 6.14. The highest BCUT2D eigenvalue weighted by molar-refractivity contribution is 7.99. The Hall–Kier alpha value is -3.91. The third kappa shape index (κ3) is 4.01. The van der Waals surface area contributed by atoms with Crippen LogP contribution in [0.25, 0.3) is 27.8 Å². The molecule has 3 aromatic carbocycles. The van der Waals surface area contributed by atoms with Crippen LogP contribution in [0.5, 0.6) is 0 Å². The van der Waals surface area contributed by atoms with E-state index in [9.17, 15) is 14.0 Å². The average Bonchev–Trinajstić information content (AvgIpc) is 3.19. The van der Waals surface area contributed by atoms with Crippen LogP contribution < -0.4 is 10.9 Å². The number of anilines is 1. The maximum atomic E-state index is 13.5. The monoisotopic (exact) mass is 459 g/mol. The van der Waals surface area contributed by atoms with Gasteiger partial charge < -0.3 is 9.73 Å². The van der Waals surface area contributed by atoms with Crippen molar-refractivity contribution in [1.29, 1.82) is 0 Å². The van der Waals surface area contributed by atoms with Crippen LogP contribution in [-0.2, 0) is 4.79 Å². The van der Waals surface area contributed by atoms with E-state index >= 15 is 0 Å². The van der Waals surface area contributed by atoms with Crippen LogP contribution in [0.15, 0.2) is 87.2 Å². The largest absolute Gasteiger partial charge is 0.448 e. The molecule has 0 aliphatic rings. The lowest BCUT2D eigenvalue weighted by atomic mass is 10.2. The Labute approximate surface area is 192 Å². The molecule has 0 radical (unpaired) electrons. The van der Waals surface area contributed by atoms with Gasteiger partial charge in [0.2, 0.25) is 11.5 Å². The van der Waals surface area contributed by atoms with Crippen LogP contribution in [0.2, 0.25) is 0 Å². The highest BCUT2D eigenvalue weighted by Crippen LogP contribution is 2.28. The number of aromatic nitrogens is 2. The molecule has 5 rings (SSSR count). The number of nitrogens with zero attached hydrogens (tertiary/aromatic N) is 2. The van der Waals surface area contributed by atoms with Crippen LogP contribution in [-0.4, -0.2) is 21.2 Å². The standard InChI is InChI=1S/C25H18FN3O3S/c1-15-6-2-4-8-19(15)27-21(30)14-33-25-28-22-18-7-3-5-9-20(18)32-23(22)24(31)29(25)17-12-10-16(26)11-13-17/h2-13H,14H2,1H3,(H,27,30). The summed E-state index contributed by atoms with van der Waals surface area (Å²) in [6.07, 6.45) is 0. The van der Waals surface area contributed by atoms with Crippen LogP contribution in [0.3, 0.4) is 0 Å². The maximum absolute atomic E-state index is 13.5. The number of rotatable bonds is 5. The summed E-state index contributed by atoms with van der Waals surface area (Å²) in [5.74, 6) is -0.619. The Morgan fingerprint density at radius 1 is 1.06 bits per heavy atom. The molecule has 33 heavy (non-hydrogen) atoms. The summed E-state index contributed by atoms with van der Waals surface area (Å²) in [4.78, 5) is 30.7. The second-order valence-corrected chi connectivity index (χ2v) is 8.38. The molecular formula is C25H18FN3O3S. The zero-order valence-corrected chi connectivity index (χ0v) is 18.4. The molecule has 2 heterocycles. The van der Waals surface area contributed by atoms with E-state index in [1.165, 1.54) is 28.8 Å². The van der Waals surface area contributed by atoms with E-state index in [0.29, 0.717) is 27.3 Å². The number of carbonyl (C=O) groups is 1. The van der Waals surface area contributed by atoms with Crippen LogP contribution in [0.4, 0.5) is 10.1 Å². The number of nitrogens with one attached hydrogen (secondary N) is 1. The summed E-state index contributed by atoms with van der Waals surface area (Å²) in [6, 6.07) is 20.3. The first-order valence-corrected chi connectivity index (χ1v) is 11.2. The van der Waals surface area contributed by atoms with E-state index in [1.807, 2.05) is 49.4 Å². The van der Waals surface area contributed by atoms with Crippen molar-refractivity contribution >= 4 is 45.4 Å². The molecule has 1 amide bonds. The van der Waals surface area contributed by atoms with E-state index < -0.39 is 11.4 Å². The van der Waals surface area contributed by atoms with Gasteiger partial charge in [0.1, 0.15) is 16.9 Å². The maximum Gasteiger partial charge on any atom is 0.302 e. The van der Waals surface area contributed by atoms with Crippen molar-refractivity contribution in [1.82, 2.24) is 9.55 Å². The third-order valence-electron chi connectivity index (χ3n) is 5.20. The van der Waals surface area contributed by atoms with E-state index in [1.54, 1.807) is 6.07 Å². The Morgan fingerprint density at radius 2 is 1.79 bits per heavy atom. The number of amides is 1. The minimum Gasteiger partial charge on any atom is -0.448 e. The zero-order valence-electron chi connectivity index (χ0n) is 17.5. The van der Waals surface area contributed by atoms with Crippen molar-refractivity contribution in [3.63, 3.8) is 0 Å². The highest BCUT2D eigenvalue weighted by atomic mass is 32.2. The molecule has 8 heteroatoms. The fraction of sp³-hybridized carbons (Fsp3) is 0.0800. The molecule has 0 aliphatic carbocycles. The molecule has 0 fully saturated rings. The second kappa shape index (κ2) is 8.55. The quantitative estimate of drug-likeness (QED) is 0.285. The zero-order chi connectivity index (χ0) is 22.9. The molecular weight excluding hydrogens is 441 g/mol. The summed E-state index contributed by atoms with van der Waals surface area (Å²) in [7, 11) is 0. The Morgan fingerprint density at radius 3 is 2.58 bits per heavy atom. The predicted octanol–water partition coefficient (Wildman–Crippen LogP) is 5.31. The number of hydrogen-bond donors (Lipinski definition) is 1. The minimum absolute atomic E-state index is 0.0310. The van der Waals surface area contributed by atoms with Crippen molar-refractivity contribution in [3.8, 4) is 5.69 Å². The van der Waals surface area contributed by atoms with Crippen LogP contribution in [0.1, 0.15) is 5.56 Å². The highest BCUT2D eigenvalue weighted by Gasteiger charge is 2.20. The summed E-state index contributed by atoms with van der Waals surface area (Å²) in [6.45, 7) is 1.91. The molecule has 0 unspecified atom stereocenters. The van der Waals surface area contributed by atoms with Gasteiger partial charge in [-0.25, -0.2) is 9.37 Å². The number of halogens is 1. The molecule has 0 bridgehead atoms. The number of benzene rings is 3. The van der Waals surface area contributed by atoms with Gasteiger partial charge in [0, 0.05) is 11.1 Å². The molecule has 6 nitrogen and oxygen atoms in total. The number of furan rings is 1. The van der Waals surface area contributed by atoms with Crippen molar-refractivity contribution in [2.75, 3.05) is 11.1 Å². The van der Waals surface area contributed by atoms with E-state index in [-0.39, 0.29) is 17.2 Å². The molecule has 0 atom stereocenters. The molecule has 2 aromatic heterocycles. The fourth-order valence-corrected chi connectivity index (χ4v) is 4.37. The lowest BCUT2D eigenvalue weighted by Gasteiger charge is -2.12. The van der Waals surface area contributed by atoms with Crippen molar-refractivity contribution in [3.05, 3.63) is 94.5 Å². The summed E-state index contributed by atoms with van der Waals surface area (Å²) >= 11 is 1.12. The number of carbonyl (C=O) groups excluding carboxylic acids is 1. The molecule has 0 saturated heterocycles. The van der Waals surface area contributed by atoms with Crippen LogP contribution >= 0.6 is 11.8 Å². The Bertz CT molecular complexity index is 1560. The van der Waals surface area contributed by atoms with Gasteiger partial charge >= 0.3 is 5.56 Å². The van der Waals surface area contributed by atoms with Crippen LogP contribution in [0, 0.1) is 12.7 Å². The molecule has 0 saturated carbocycles. The van der Waals surface area contributed by atoms with Gasteiger partial charge in [-0.05, 0) is 55.0 Å². The smallest absolute Gasteiger partial charge is 0.302 e. The molecule has 1 N–H and O–H groups in total. The van der Waals surface area contributed by atoms with Gasteiger partial charge in [-0.3, -0.25) is 14.2 Å². The summed E-state index contributed by atoms with van der Waals surface area (Å²) in [5.41, 5.74) is 2.75. The fourth-order valence-electron chi connectivity index (χ4n) is 3.57. The number of fused-ring (bicyclic) bond motifs is 3. The van der Waals surface area contributed by atoms with Gasteiger partial charge in [0.05, 0.1) is 11.4 Å². The minimum atomic E-state index is -0.426. The molecule has 5 aromatic rings. The van der Waals surface area contributed by atoms with Gasteiger partial charge in [-0.1, -0.05) is 42.1 Å². The molecule has 164 valence electrons. The van der Waals surface area contributed by atoms with Gasteiger partial charge in [-0.2, -0.15) is 0 Å². The number of hydrogen-bond acceptors (Lipinski definition) is 5. The van der Waals surface area contributed by atoms with E-state index in [4.69, 9.17) is 4.42 Å². The summed E-state index contributed by atoms with van der Waals surface area (Å²) in [5, 5.41) is 3.90. The molecule has 0 aliphatic heterocycles. The van der Waals surface area contributed by atoms with E-state index in [2.05, 4.69) is 10.3 Å². The first kappa shape index (κ1) is 21.0. The normalized spacial score (nSPS) is 11.2. The first-order chi connectivity index (χ1) is 16.0. The average molecular weight is 460 g/mol. The first-order valence-electron chi connectivity index (χ1n) is 10.2. The summed E-state index contributed by atoms with van der Waals surface area (Å²) < 4.78 is 20.6. The lowest BCUT2D eigenvalue weighted by molar-refractivity contribution is -0.113. The van der Waals surface area contributed by atoms with Gasteiger partial charge in [-0.15, -0.1) is 0 Å². The number of aryl methyl sites for hydroxylation is 1. The van der Waals surface area contributed by atoms with Crippen molar-refractivity contribution in [2.24, 2.45) is 0 Å². The SMILES string of the molecule is Cc1ccccc1NC(=O)CSc1nc2c(oc3ccccc32)c(=O)n1-c1ccc(F)cc1. The topological polar surface area (TPSA) is 77.1 Å². The van der Waals surface area contributed by atoms with Crippen molar-refractivity contribution in [2.45, 2.75) is 12.1 Å². The van der Waals surface area contributed by atoms with Gasteiger partial charge in [0.15, 0.2) is 5.16 Å². The van der Waals surface area contributed by atoms with Crippen molar-refractivity contribution < 1.29 is 13.6 Å². The van der Waals surface area contributed by atoms with Gasteiger partial charge in [0.25, 0.3) is 0 Å². The lowest BCUT2D eigenvalue weighted by Crippen LogP contribution is -2.22. The molecule has 0 spiro atoms. The Balaban J connectivity index is 1.57. The number of para-hydroxylation sites is 2. The number of thioether (sulfide) groups is 1. The second-order valence-electron chi connectivity index (χ2n) is 7.44. The predicted molar refractivity (Wildman–Crippen MR) is 128 cm³/mol. The van der Waals surface area contributed by atoms with E-state index in [0.717, 1.165) is 23.0 Å².